The number of amides is 1. The van der Waals surface area contributed by atoms with Gasteiger partial charge < -0.3 is 15.3 Å². The Bertz CT molecular complexity index is 1650. The molecule has 42 heavy (non-hydrogen) atoms. The van der Waals surface area contributed by atoms with E-state index in [-0.39, 0.29) is 42.0 Å². The number of carboxylic acid groups (broad SMARTS) is 1. The summed E-state index contributed by atoms with van der Waals surface area (Å²) in [6, 6.07) is 14.4. The zero-order chi connectivity index (χ0) is 29.4. The quantitative estimate of drug-likeness (QED) is 0.287. The number of anilines is 1. The summed E-state index contributed by atoms with van der Waals surface area (Å²) in [5.74, 6) is -1.17. The zero-order valence-corrected chi connectivity index (χ0v) is 23.7. The Morgan fingerprint density at radius 3 is 2.81 bits per heavy atom. The second-order valence-electron chi connectivity index (χ2n) is 10.7. The molecule has 12 heteroatoms. The number of aromatic carboxylic acids is 1. The molecule has 2 aromatic carbocycles. The highest BCUT2D eigenvalue weighted by Gasteiger charge is 2.36. The van der Waals surface area contributed by atoms with E-state index in [1.807, 2.05) is 17.2 Å². The van der Waals surface area contributed by atoms with Crippen molar-refractivity contribution in [1.29, 1.82) is 0 Å². The lowest BCUT2D eigenvalue weighted by Crippen LogP contribution is -2.37. The van der Waals surface area contributed by atoms with Crippen LogP contribution in [0.1, 0.15) is 50.9 Å². The van der Waals surface area contributed by atoms with Crippen molar-refractivity contribution in [1.82, 2.24) is 24.8 Å². The number of imidazole rings is 1. The highest BCUT2D eigenvalue weighted by Crippen LogP contribution is 2.40. The van der Waals surface area contributed by atoms with Gasteiger partial charge in [-0.05, 0) is 66.3 Å². The summed E-state index contributed by atoms with van der Waals surface area (Å²) in [6.45, 7) is 2.08. The van der Waals surface area contributed by atoms with Crippen LogP contribution in [0.3, 0.4) is 0 Å². The summed E-state index contributed by atoms with van der Waals surface area (Å²) in [4.78, 5) is 33.9. The number of nitrogens with zero attached hydrogens (tertiary/aromatic N) is 5. The lowest BCUT2D eigenvalue weighted by Gasteiger charge is -2.27. The Kier molecular flexibility index (Phi) is 7.82. The fraction of sp³-hybridized carbons (Fsp3) is 0.333. The second kappa shape index (κ2) is 11.7. The fourth-order valence-electron chi connectivity index (χ4n) is 5.88. The van der Waals surface area contributed by atoms with E-state index < -0.39 is 18.2 Å². The third-order valence-electron chi connectivity index (χ3n) is 7.86. The number of rotatable bonds is 8. The van der Waals surface area contributed by atoms with Gasteiger partial charge in [-0.1, -0.05) is 12.1 Å². The number of hydrogen-bond donors (Lipinski definition) is 2. The van der Waals surface area contributed by atoms with Crippen molar-refractivity contribution >= 4 is 35.1 Å². The minimum absolute atomic E-state index is 0.0953. The van der Waals surface area contributed by atoms with Crippen molar-refractivity contribution in [2.24, 2.45) is 0 Å². The summed E-state index contributed by atoms with van der Waals surface area (Å²) in [5.41, 5.74) is 2.62. The highest BCUT2D eigenvalue weighted by molar-refractivity contribution is 7.98. The van der Waals surface area contributed by atoms with E-state index in [1.54, 1.807) is 36.4 Å². The minimum Gasteiger partial charge on any atom is -0.478 e. The molecule has 0 radical (unpaired) electrons. The first-order valence-corrected chi connectivity index (χ1v) is 15.0. The van der Waals surface area contributed by atoms with Crippen LogP contribution in [0.15, 0.2) is 65.7 Å². The van der Waals surface area contributed by atoms with Gasteiger partial charge in [0.2, 0.25) is 0 Å². The number of carbonyl (C=O) groups is 2. The number of halogens is 2. The molecular formula is C30H30F2N6O3S. The number of fused-ring (bicyclic) bond motifs is 1. The summed E-state index contributed by atoms with van der Waals surface area (Å²) in [5, 5.41) is 17.0. The van der Waals surface area contributed by atoms with E-state index >= 15 is 0 Å². The molecule has 2 saturated heterocycles. The van der Waals surface area contributed by atoms with Gasteiger partial charge in [-0.3, -0.25) is 9.69 Å². The Balaban J connectivity index is 1.18. The average molecular weight is 593 g/mol. The molecule has 0 saturated carbocycles. The van der Waals surface area contributed by atoms with Gasteiger partial charge in [-0.15, -0.1) is 16.9 Å². The molecule has 4 aromatic rings. The number of benzene rings is 2. The number of hydrogen-bond acceptors (Lipinski definition) is 7. The average Bonchev–Trinajstić information content (AvgIpc) is 3.71. The molecule has 3 atom stereocenters. The Hall–Kier alpha value is -4.03. The van der Waals surface area contributed by atoms with Gasteiger partial charge in [-0.2, -0.15) is 0 Å². The molecule has 1 amide bonds. The van der Waals surface area contributed by atoms with Gasteiger partial charge in [-0.25, -0.2) is 23.1 Å². The first kappa shape index (κ1) is 28.1. The third kappa shape index (κ3) is 5.68. The highest BCUT2D eigenvalue weighted by atomic mass is 32.2. The van der Waals surface area contributed by atoms with Crippen molar-refractivity contribution in [3.63, 3.8) is 0 Å². The van der Waals surface area contributed by atoms with Crippen LogP contribution in [0.4, 0.5) is 14.6 Å². The molecule has 2 fully saturated rings. The second-order valence-corrected chi connectivity index (χ2v) is 11.5. The molecule has 0 aliphatic carbocycles. The van der Waals surface area contributed by atoms with E-state index in [9.17, 15) is 23.5 Å². The number of likely N-dealkylation sites (tertiary alicyclic amines) is 1. The van der Waals surface area contributed by atoms with Gasteiger partial charge in [0.1, 0.15) is 17.8 Å². The summed E-state index contributed by atoms with van der Waals surface area (Å²) in [6.07, 6.45) is 3.24. The number of nitrogens with one attached hydrogen (secondary N) is 1. The monoisotopic (exact) mass is 592 g/mol. The van der Waals surface area contributed by atoms with Crippen LogP contribution < -0.4 is 10.2 Å². The maximum atomic E-state index is 14.8. The van der Waals surface area contributed by atoms with Crippen molar-refractivity contribution in [3.8, 4) is 0 Å². The fourth-order valence-corrected chi connectivity index (χ4v) is 6.52. The normalized spacial score (nSPS) is 20.8. The Labute approximate surface area is 245 Å². The molecule has 2 N–H and O–H groups in total. The summed E-state index contributed by atoms with van der Waals surface area (Å²) >= 11 is 1.49. The van der Waals surface area contributed by atoms with Gasteiger partial charge >= 0.3 is 5.97 Å². The molecule has 6 rings (SSSR count). The number of carboxylic acids is 1. The van der Waals surface area contributed by atoms with Crippen LogP contribution in [0, 0.1) is 5.82 Å². The molecule has 2 aliphatic heterocycles. The van der Waals surface area contributed by atoms with Gasteiger partial charge in [0, 0.05) is 37.0 Å². The van der Waals surface area contributed by atoms with E-state index in [4.69, 9.17) is 0 Å². The standard InChI is InChI=1S/C30H30F2N6O3S/c1-42-26-6-5-20(31)12-23(26)24-13-21(32)16-37(24)28-8-7-27-33-14-25(38(27)35-28)29(39)34-22-9-10-36(17-22)15-18-3-2-4-19(11-18)30(40)41/h2-8,11-12,14,21-22,24H,9-10,13,15-17H2,1H3,(H,34,39)(H,40,41)/t21-,22?,24+/m0/s1. The molecule has 0 bridgehead atoms. The van der Waals surface area contributed by atoms with Crippen LogP contribution in [-0.4, -0.2) is 74.6 Å². The third-order valence-corrected chi connectivity index (χ3v) is 8.68. The first-order valence-electron chi connectivity index (χ1n) is 13.7. The lowest BCUT2D eigenvalue weighted by molar-refractivity contribution is 0.0696. The smallest absolute Gasteiger partial charge is 0.335 e. The molecule has 4 heterocycles. The molecular weight excluding hydrogens is 562 g/mol. The number of alkyl halides is 1. The molecule has 9 nitrogen and oxygen atoms in total. The van der Waals surface area contributed by atoms with Crippen LogP contribution >= 0.6 is 11.8 Å². The molecule has 0 spiro atoms. The van der Waals surface area contributed by atoms with E-state index in [0.717, 1.165) is 23.4 Å². The predicted octanol–water partition coefficient (Wildman–Crippen LogP) is 4.58. The van der Waals surface area contributed by atoms with Crippen LogP contribution in [-0.2, 0) is 6.54 Å². The number of thioether (sulfide) groups is 1. The van der Waals surface area contributed by atoms with Crippen LogP contribution in [0.2, 0.25) is 0 Å². The molecule has 2 aliphatic rings. The van der Waals surface area contributed by atoms with Crippen molar-refractivity contribution in [2.45, 2.75) is 42.5 Å². The van der Waals surface area contributed by atoms with E-state index in [1.165, 1.54) is 34.6 Å². The zero-order valence-electron chi connectivity index (χ0n) is 22.9. The number of carbonyl (C=O) groups excluding carboxylic acids is 1. The maximum absolute atomic E-state index is 14.8. The maximum Gasteiger partial charge on any atom is 0.335 e. The minimum atomic E-state index is -1.10. The van der Waals surface area contributed by atoms with Crippen molar-refractivity contribution in [3.05, 3.63) is 89.0 Å². The molecule has 1 unspecified atom stereocenters. The topological polar surface area (TPSA) is 103 Å². The van der Waals surface area contributed by atoms with Crippen LogP contribution in [0.5, 0.6) is 0 Å². The van der Waals surface area contributed by atoms with E-state index in [0.29, 0.717) is 30.1 Å². The first-order chi connectivity index (χ1) is 20.3. The molecule has 2 aromatic heterocycles. The van der Waals surface area contributed by atoms with Gasteiger partial charge in [0.25, 0.3) is 5.91 Å². The Morgan fingerprint density at radius 1 is 1.14 bits per heavy atom. The summed E-state index contributed by atoms with van der Waals surface area (Å²) < 4.78 is 30.4. The van der Waals surface area contributed by atoms with Gasteiger partial charge in [0.05, 0.1) is 24.3 Å². The molecule has 218 valence electrons. The summed E-state index contributed by atoms with van der Waals surface area (Å²) in [7, 11) is 0. The van der Waals surface area contributed by atoms with Crippen molar-refractivity contribution < 1.29 is 23.5 Å². The number of aromatic nitrogens is 3. The predicted molar refractivity (Wildman–Crippen MR) is 155 cm³/mol. The lowest BCUT2D eigenvalue weighted by atomic mass is 10.0. The largest absolute Gasteiger partial charge is 0.478 e. The van der Waals surface area contributed by atoms with Gasteiger partial charge in [0.15, 0.2) is 11.3 Å². The SMILES string of the molecule is CSc1ccc(F)cc1[C@H]1C[C@H](F)CN1c1ccc2ncc(C(=O)NC3CCN(Cc4cccc(C(=O)O)c4)C3)n2n1. The van der Waals surface area contributed by atoms with Crippen LogP contribution in [0.25, 0.3) is 5.65 Å². The Morgan fingerprint density at radius 2 is 2.00 bits per heavy atom. The van der Waals surface area contributed by atoms with E-state index in [2.05, 4.69) is 20.3 Å². The van der Waals surface area contributed by atoms with Crippen molar-refractivity contribution in [2.75, 3.05) is 30.8 Å².